The van der Waals surface area contributed by atoms with Crippen LogP contribution in [0.1, 0.15) is 37.0 Å². The molecule has 5 N–H and O–H groups in total. The number of carbonyl (C=O) groups is 3. The van der Waals surface area contributed by atoms with Gasteiger partial charge in [0, 0.05) is 17.8 Å². The summed E-state index contributed by atoms with van der Waals surface area (Å²) in [7, 11) is 0. The molecule has 7 heteroatoms. The van der Waals surface area contributed by atoms with E-state index in [0.29, 0.717) is 24.1 Å². The van der Waals surface area contributed by atoms with E-state index in [1.165, 1.54) is 6.07 Å². The molecule has 0 saturated heterocycles. The highest BCUT2D eigenvalue weighted by Crippen LogP contribution is 2.25. The summed E-state index contributed by atoms with van der Waals surface area (Å²) in [5.74, 6) is -1.33. The van der Waals surface area contributed by atoms with Gasteiger partial charge in [0.1, 0.15) is 0 Å². The molecule has 7 nitrogen and oxygen atoms in total. The molecule has 1 aromatic carbocycles. The average molecular weight is 307 g/mol. The number of nitrogens with one attached hydrogen (secondary N) is 2. The Morgan fingerprint density at radius 2 is 1.86 bits per heavy atom. The third kappa shape index (κ3) is 4.21. The number of benzene rings is 1. The zero-order valence-corrected chi connectivity index (χ0v) is 12.7. The fourth-order valence-corrected chi connectivity index (χ4v) is 2.11. The normalized spacial score (nSPS) is 10.8. The van der Waals surface area contributed by atoms with Crippen molar-refractivity contribution in [2.45, 2.75) is 26.7 Å². The van der Waals surface area contributed by atoms with Gasteiger partial charge in [-0.05, 0) is 31.0 Å². The monoisotopic (exact) mass is 307 g/mol. The first kappa shape index (κ1) is 17.5. The third-order valence-corrected chi connectivity index (χ3v) is 3.79. The van der Waals surface area contributed by atoms with Crippen LogP contribution in [0.4, 0.5) is 10.5 Å². The lowest BCUT2D eigenvalue weighted by Crippen LogP contribution is -2.42. The van der Waals surface area contributed by atoms with E-state index in [1.54, 1.807) is 32.0 Å². The quantitative estimate of drug-likeness (QED) is 0.613. The van der Waals surface area contributed by atoms with Crippen LogP contribution in [0.2, 0.25) is 0 Å². The Balaban J connectivity index is 2.81. The van der Waals surface area contributed by atoms with E-state index < -0.39 is 23.3 Å². The van der Waals surface area contributed by atoms with Crippen LogP contribution in [0.15, 0.2) is 24.3 Å². The first-order valence-electron chi connectivity index (χ1n) is 7.02. The fourth-order valence-electron chi connectivity index (χ4n) is 2.11. The molecule has 0 fully saturated rings. The first-order chi connectivity index (χ1) is 10.3. The topological polar surface area (TPSA) is 122 Å². The summed E-state index contributed by atoms with van der Waals surface area (Å²) in [6.07, 6.45) is 0.838. The van der Waals surface area contributed by atoms with Crippen LogP contribution < -0.4 is 16.4 Å². The highest BCUT2D eigenvalue weighted by atomic mass is 16.4. The second-order valence-corrected chi connectivity index (χ2v) is 5.05. The van der Waals surface area contributed by atoms with E-state index >= 15 is 0 Å². The summed E-state index contributed by atoms with van der Waals surface area (Å²) in [6.45, 7) is 3.60. The van der Waals surface area contributed by atoms with Crippen LogP contribution in [-0.2, 0) is 4.79 Å². The number of hydrogen-bond donors (Lipinski definition) is 4. The average Bonchev–Trinajstić information content (AvgIpc) is 2.47. The van der Waals surface area contributed by atoms with Crippen LogP contribution in [0.3, 0.4) is 0 Å². The van der Waals surface area contributed by atoms with Gasteiger partial charge in [0.25, 0.3) is 5.91 Å². The van der Waals surface area contributed by atoms with Crippen LogP contribution in [-0.4, -0.2) is 29.6 Å². The minimum Gasteiger partial charge on any atom is -0.481 e. The Morgan fingerprint density at radius 3 is 2.36 bits per heavy atom. The molecule has 0 spiro atoms. The van der Waals surface area contributed by atoms with Gasteiger partial charge < -0.3 is 21.5 Å². The van der Waals surface area contributed by atoms with Gasteiger partial charge in [-0.25, -0.2) is 4.79 Å². The number of hydrogen-bond acceptors (Lipinski definition) is 3. The molecule has 120 valence electrons. The number of anilines is 1. The van der Waals surface area contributed by atoms with Crippen molar-refractivity contribution in [1.29, 1.82) is 0 Å². The Hall–Kier alpha value is -2.57. The van der Waals surface area contributed by atoms with Crippen molar-refractivity contribution in [1.82, 2.24) is 5.32 Å². The fraction of sp³-hybridized carbons (Fsp3) is 0.400. The predicted octanol–water partition coefficient (Wildman–Crippen LogP) is 1.80. The number of primary amides is 1. The number of amides is 3. The maximum atomic E-state index is 12.1. The zero-order valence-electron chi connectivity index (χ0n) is 12.7. The van der Waals surface area contributed by atoms with Gasteiger partial charge in [-0.3, -0.25) is 9.59 Å². The molecular weight excluding hydrogens is 286 g/mol. The maximum absolute atomic E-state index is 12.1. The van der Waals surface area contributed by atoms with Crippen molar-refractivity contribution in [2.75, 3.05) is 11.9 Å². The van der Waals surface area contributed by atoms with Gasteiger partial charge in [-0.2, -0.15) is 0 Å². The number of nitrogens with two attached hydrogens (primary N) is 1. The molecule has 0 aliphatic carbocycles. The van der Waals surface area contributed by atoms with Gasteiger partial charge in [0.05, 0.1) is 5.41 Å². The first-order valence-corrected chi connectivity index (χ1v) is 7.02. The number of carbonyl (C=O) groups excluding carboxylic acids is 2. The molecule has 0 saturated carbocycles. The van der Waals surface area contributed by atoms with Gasteiger partial charge in [-0.1, -0.05) is 19.9 Å². The van der Waals surface area contributed by atoms with Crippen molar-refractivity contribution in [3.8, 4) is 0 Å². The van der Waals surface area contributed by atoms with Crippen LogP contribution >= 0.6 is 0 Å². The Bertz CT molecular complexity index is 568. The molecule has 0 atom stereocenters. The maximum Gasteiger partial charge on any atom is 0.316 e. The van der Waals surface area contributed by atoms with Crippen LogP contribution in [0, 0.1) is 5.41 Å². The third-order valence-electron chi connectivity index (χ3n) is 3.79. The van der Waals surface area contributed by atoms with Crippen LogP contribution in [0.5, 0.6) is 0 Å². The second-order valence-electron chi connectivity index (χ2n) is 5.05. The van der Waals surface area contributed by atoms with Crippen molar-refractivity contribution in [3.05, 3.63) is 29.8 Å². The molecule has 0 heterocycles. The van der Waals surface area contributed by atoms with Crippen molar-refractivity contribution in [3.63, 3.8) is 0 Å². The molecular formula is C15H21N3O4. The molecule has 0 unspecified atom stereocenters. The summed E-state index contributed by atoms with van der Waals surface area (Å²) < 4.78 is 0. The predicted molar refractivity (Wildman–Crippen MR) is 82.6 cm³/mol. The number of carboxylic acid groups (broad SMARTS) is 1. The number of carboxylic acids is 1. The van der Waals surface area contributed by atoms with Gasteiger partial charge in [0.2, 0.25) is 0 Å². The van der Waals surface area contributed by atoms with E-state index in [9.17, 15) is 19.5 Å². The molecule has 0 aliphatic heterocycles. The summed E-state index contributed by atoms with van der Waals surface area (Å²) in [6, 6.07) is 5.52. The smallest absolute Gasteiger partial charge is 0.316 e. The lowest BCUT2D eigenvalue weighted by atomic mass is 9.82. The SMILES string of the molecule is CCC(CC)(CNC(=O)c1cccc(NC(N)=O)c1)C(=O)O. The Kier molecular flexibility index (Phi) is 5.91. The second kappa shape index (κ2) is 7.44. The summed E-state index contributed by atoms with van der Waals surface area (Å²) in [5.41, 5.74) is 4.76. The minimum atomic E-state index is -0.973. The standard InChI is InChI=1S/C15H21N3O4/c1-3-15(4-2,13(20)21)9-17-12(19)10-6-5-7-11(8-10)18-14(16)22/h5-8H,3-4,9H2,1-2H3,(H,17,19)(H,20,21)(H3,16,18,22). The van der Waals surface area contributed by atoms with E-state index in [-0.39, 0.29) is 6.54 Å². The summed E-state index contributed by atoms with van der Waals surface area (Å²) >= 11 is 0. The molecule has 1 rings (SSSR count). The van der Waals surface area contributed by atoms with Gasteiger partial charge in [0.15, 0.2) is 0 Å². The van der Waals surface area contributed by atoms with E-state index in [0.717, 1.165) is 0 Å². The highest BCUT2D eigenvalue weighted by molar-refractivity contribution is 5.96. The van der Waals surface area contributed by atoms with Crippen molar-refractivity contribution in [2.24, 2.45) is 11.1 Å². The lowest BCUT2D eigenvalue weighted by Gasteiger charge is -2.26. The van der Waals surface area contributed by atoms with E-state index in [4.69, 9.17) is 5.73 Å². The molecule has 0 radical (unpaired) electrons. The van der Waals surface area contributed by atoms with E-state index in [1.807, 2.05) is 0 Å². The molecule has 0 aromatic heterocycles. The molecule has 22 heavy (non-hydrogen) atoms. The van der Waals surface area contributed by atoms with E-state index in [2.05, 4.69) is 10.6 Å². The Labute approximate surface area is 128 Å². The van der Waals surface area contributed by atoms with Gasteiger partial charge >= 0.3 is 12.0 Å². The minimum absolute atomic E-state index is 0.0433. The summed E-state index contributed by atoms with van der Waals surface area (Å²) in [4.78, 5) is 34.3. The number of urea groups is 1. The molecule has 1 aromatic rings. The molecule has 3 amide bonds. The highest BCUT2D eigenvalue weighted by Gasteiger charge is 2.35. The van der Waals surface area contributed by atoms with Crippen LogP contribution in [0.25, 0.3) is 0 Å². The summed E-state index contributed by atoms with van der Waals surface area (Å²) in [5, 5.41) is 14.4. The number of aliphatic carboxylic acids is 1. The number of rotatable bonds is 7. The molecule has 0 aliphatic rings. The van der Waals surface area contributed by atoms with Crippen molar-refractivity contribution < 1.29 is 19.5 Å². The van der Waals surface area contributed by atoms with Crippen molar-refractivity contribution >= 4 is 23.6 Å². The van der Waals surface area contributed by atoms with Gasteiger partial charge in [-0.15, -0.1) is 0 Å². The largest absolute Gasteiger partial charge is 0.481 e. The lowest BCUT2D eigenvalue weighted by molar-refractivity contribution is -0.149. The molecule has 0 bridgehead atoms. The Morgan fingerprint density at radius 1 is 1.23 bits per heavy atom. The zero-order chi connectivity index (χ0) is 16.8.